The van der Waals surface area contributed by atoms with Crippen LogP contribution in [0.3, 0.4) is 0 Å². The zero-order chi connectivity index (χ0) is 34.0. The molecule has 0 aliphatic carbocycles. The van der Waals surface area contributed by atoms with E-state index in [1.807, 2.05) is 44.2 Å². The smallest absolute Gasteiger partial charge is 0.264 e. The predicted octanol–water partition coefficient (Wildman–Crippen LogP) is 5.96. The van der Waals surface area contributed by atoms with E-state index in [0.29, 0.717) is 22.9 Å². The summed E-state index contributed by atoms with van der Waals surface area (Å²) in [6, 6.07) is 27.9. The molecule has 4 aromatic rings. The van der Waals surface area contributed by atoms with Gasteiger partial charge in [-0.05, 0) is 47.4 Å². The maximum absolute atomic E-state index is 14.6. The molecule has 0 saturated heterocycles. The highest BCUT2D eigenvalue weighted by atomic mass is 35.5. The summed E-state index contributed by atoms with van der Waals surface area (Å²) in [5.41, 5.74) is 1.63. The van der Waals surface area contributed by atoms with Crippen LogP contribution >= 0.6 is 11.6 Å². The topological polar surface area (TPSA) is 105 Å². The van der Waals surface area contributed by atoms with Gasteiger partial charge >= 0.3 is 0 Å². The van der Waals surface area contributed by atoms with Crippen molar-refractivity contribution in [2.45, 2.75) is 37.8 Å². The van der Waals surface area contributed by atoms with Gasteiger partial charge in [-0.15, -0.1) is 0 Å². The van der Waals surface area contributed by atoms with Crippen LogP contribution in [-0.4, -0.2) is 58.5 Å². The Morgan fingerprint density at radius 1 is 0.830 bits per heavy atom. The molecular weight excluding hydrogens is 638 g/mol. The summed E-state index contributed by atoms with van der Waals surface area (Å²) < 4.78 is 40.3. The van der Waals surface area contributed by atoms with Crippen molar-refractivity contribution in [3.05, 3.63) is 119 Å². The third-order valence-corrected chi connectivity index (χ3v) is 9.68. The maximum Gasteiger partial charge on any atom is 0.264 e. The molecular formula is C36H40ClN3O6S. The maximum atomic E-state index is 14.6. The zero-order valence-electron chi connectivity index (χ0n) is 26.9. The molecule has 1 atom stereocenters. The molecule has 9 nitrogen and oxygen atoms in total. The molecule has 0 unspecified atom stereocenters. The van der Waals surface area contributed by atoms with Crippen LogP contribution in [0.1, 0.15) is 25.0 Å². The van der Waals surface area contributed by atoms with Crippen LogP contribution in [0, 0.1) is 5.92 Å². The van der Waals surface area contributed by atoms with Crippen molar-refractivity contribution in [3.63, 3.8) is 0 Å². The van der Waals surface area contributed by atoms with E-state index < -0.39 is 28.5 Å². The molecule has 0 saturated carbocycles. The Labute approximate surface area is 282 Å². The number of nitrogens with one attached hydrogen (secondary N) is 1. The lowest BCUT2D eigenvalue weighted by Crippen LogP contribution is -2.53. The van der Waals surface area contributed by atoms with Crippen molar-refractivity contribution < 1.29 is 27.5 Å². The fraction of sp³-hybridized carbons (Fsp3) is 0.278. The van der Waals surface area contributed by atoms with Gasteiger partial charge in [0, 0.05) is 30.6 Å². The molecule has 4 aromatic carbocycles. The molecule has 0 spiro atoms. The number of hydrogen-bond acceptors (Lipinski definition) is 6. The molecule has 1 N–H and O–H groups in total. The highest BCUT2D eigenvalue weighted by molar-refractivity contribution is 7.92. The van der Waals surface area contributed by atoms with Gasteiger partial charge in [-0.2, -0.15) is 0 Å². The normalized spacial score (nSPS) is 11.9. The second-order valence-electron chi connectivity index (χ2n) is 11.3. The Morgan fingerprint density at radius 3 is 2.06 bits per heavy atom. The Morgan fingerprint density at radius 2 is 1.45 bits per heavy atom. The number of carbonyl (C=O) groups excluding carboxylic acids is 2. The first kappa shape index (κ1) is 35.3. The first-order valence-electron chi connectivity index (χ1n) is 15.2. The third-order valence-electron chi connectivity index (χ3n) is 7.52. The van der Waals surface area contributed by atoms with Gasteiger partial charge in [0.25, 0.3) is 10.0 Å². The quantitative estimate of drug-likeness (QED) is 0.166. The summed E-state index contributed by atoms with van der Waals surface area (Å²) in [4.78, 5) is 29.9. The van der Waals surface area contributed by atoms with Gasteiger partial charge in [0.15, 0.2) is 11.5 Å². The van der Waals surface area contributed by atoms with E-state index in [4.69, 9.17) is 21.1 Å². The van der Waals surface area contributed by atoms with Crippen LogP contribution in [-0.2, 0) is 32.6 Å². The summed E-state index contributed by atoms with van der Waals surface area (Å²) in [5, 5.41) is 3.40. The van der Waals surface area contributed by atoms with E-state index >= 15 is 0 Å². The minimum atomic E-state index is -4.27. The third kappa shape index (κ3) is 9.05. The number of sulfonamides is 1. The van der Waals surface area contributed by atoms with Crippen LogP contribution in [0.2, 0.25) is 5.02 Å². The van der Waals surface area contributed by atoms with Gasteiger partial charge in [-0.25, -0.2) is 8.42 Å². The van der Waals surface area contributed by atoms with Gasteiger partial charge in [0.1, 0.15) is 12.6 Å². The van der Waals surface area contributed by atoms with Crippen LogP contribution in [0.4, 0.5) is 5.69 Å². The monoisotopic (exact) mass is 677 g/mol. The molecule has 0 aliphatic heterocycles. The number of carbonyl (C=O) groups is 2. The van der Waals surface area contributed by atoms with Gasteiger partial charge in [-0.1, -0.05) is 92.2 Å². The number of amides is 2. The van der Waals surface area contributed by atoms with E-state index in [9.17, 15) is 18.0 Å². The molecule has 0 radical (unpaired) electrons. The molecule has 4 rings (SSSR count). The summed E-state index contributed by atoms with van der Waals surface area (Å²) in [5.74, 6) is -0.106. The Bertz CT molecular complexity index is 1750. The fourth-order valence-electron chi connectivity index (χ4n) is 5.02. The van der Waals surface area contributed by atoms with Crippen molar-refractivity contribution >= 4 is 39.1 Å². The number of anilines is 1. The molecule has 248 valence electrons. The SMILES string of the molecule is COc1ccc(N(CC(=O)N(Cc2ccccc2Cl)[C@@H](Cc2ccccc2)C(=O)NCC(C)C)S(=O)(=O)c2ccccc2)cc1OC. The van der Waals surface area contributed by atoms with Crippen molar-refractivity contribution in [2.75, 3.05) is 31.6 Å². The Balaban J connectivity index is 1.84. The number of ether oxygens (including phenoxy) is 2. The van der Waals surface area contributed by atoms with Crippen LogP contribution in [0.25, 0.3) is 0 Å². The van der Waals surface area contributed by atoms with E-state index in [1.54, 1.807) is 54.6 Å². The minimum Gasteiger partial charge on any atom is -0.493 e. The lowest BCUT2D eigenvalue weighted by Gasteiger charge is -2.34. The summed E-state index contributed by atoms with van der Waals surface area (Å²) in [6.07, 6.45) is 0.197. The molecule has 0 aliphatic rings. The van der Waals surface area contributed by atoms with Crippen LogP contribution in [0.5, 0.6) is 11.5 Å². The van der Waals surface area contributed by atoms with E-state index in [1.165, 1.54) is 37.3 Å². The van der Waals surface area contributed by atoms with E-state index in [0.717, 1.165) is 9.87 Å². The van der Waals surface area contributed by atoms with E-state index in [2.05, 4.69) is 5.32 Å². The second-order valence-corrected chi connectivity index (χ2v) is 13.6. The largest absolute Gasteiger partial charge is 0.493 e. The van der Waals surface area contributed by atoms with Crippen molar-refractivity contribution in [1.29, 1.82) is 0 Å². The zero-order valence-corrected chi connectivity index (χ0v) is 28.5. The molecule has 2 amide bonds. The van der Waals surface area contributed by atoms with Gasteiger partial charge in [0.2, 0.25) is 11.8 Å². The highest BCUT2D eigenvalue weighted by Crippen LogP contribution is 2.34. The lowest BCUT2D eigenvalue weighted by molar-refractivity contribution is -0.140. The Hall–Kier alpha value is -4.54. The number of methoxy groups -OCH3 is 2. The molecule has 0 bridgehead atoms. The molecule has 0 heterocycles. The van der Waals surface area contributed by atoms with Crippen molar-refractivity contribution in [1.82, 2.24) is 10.2 Å². The highest BCUT2D eigenvalue weighted by Gasteiger charge is 2.35. The number of nitrogens with zero attached hydrogens (tertiary/aromatic N) is 2. The number of halogens is 1. The molecule has 0 fully saturated rings. The Kier molecular flexibility index (Phi) is 12.3. The van der Waals surface area contributed by atoms with Gasteiger partial charge in [0.05, 0.1) is 24.8 Å². The average molecular weight is 678 g/mol. The number of rotatable bonds is 15. The van der Waals surface area contributed by atoms with Crippen LogP contribution < -0.4 is 19.1 Å². The summed E-state index contributed by atoms with van der Waals surface area (Å²) >= 11 is 6.57. The van der Waals surface area contributed by atoms with Crippen molar-refractivity contribution in [3.8, 4) is 11.5 Å². The summed E-state index contributed by atoms with van der Waals surface area (Å²) in [7, 11) is -1.35. The lowest BCUT2D eigenvalue weighted by atomic mass is 10.0. The van der Waals surface area contributed by atoms with E-state index in [-0.39, 0.29) is 41.1 Å². The van der Waals surface area contributed by atoms with Gasteiger partial charge in [-0.3, -0.25) is 13.9 Å². The molecule has 47 heavy (non-hydrogen) atoms. The van der Waals surface area contributed by atoms with Gasteiger partial charge < -0.3 is 19.7 Å². The predicted molar refractivity (Wildman–Crippen MR) is 184 cm³/mol. The second kappa shape index (κ2) is 16.3. The standard InChI is InChI=1S/C36H40ClN3O6S/c1-26(2)23-38-36(42)32(21-27-13-7-5-8-14-27)39(24-28-15-11-12-18-31(28)37)35(41)25-40(47(43,44)30-16-9-6-10-17-30)29-19-20-33(45-3)34(22-29)46-4/h5-20,22,26,32H,21,23-25H2,1-4H3,(H,38,42)/t32-/m0/s1. The average Bonchev–Trinajstić information content (AvgIpc) is 3.08. The molecule has 0 aromatic heterocycles. The first-order valence-corrected chi connectivity index (χ1v) is 17.0. The summed E-state index contributed by atoms with van der Waals surface area (Å²) in [6.45, 7) is 3.72. The molecule has 11 heteroatoms. The minimum absolute atomic E-state index is 0.00393. The van der Waals surface area contributed by atoms with Crippen molar-refractivity contribution in [2.24, 2.45) is 5.92 Å². The fourth-order valence-corrected chi connectivity index (χ4v) is 6.64. The van der Waals surface area contributed by atoms with Crippen LogP contribution in [0.15, 0.2) is 108 Å². The number of hydrogen-bond donors (Lipinski definition) is 1. The number of benzene rings is 4. The first-order chi connectivity index (χ1) is 22.5.